The first kappa shape index (κ1) is 18.3. The minimum absolute atomic E-state index is 0.163. The van der Waals surface area contributed by atoms with Crippen molar-refractivity contribution < 1.29 is 14.6 Å². The van der Waals surface area contributed by atoms with Crippen molar-refractivity contribution in [3.8, 4) is 5.75 Å². The highest BCUT2D eigenvalue weighted by Gasteiger charge is 2.43. The van der Waals surface area contributed by atoms with E-state index in [9.17, 15) is 5.11 Å². The third-order valence-electron chi connectivity index (χ3n) is 6.18. The van der Waals surface area contributed by atoms with Crippen LogP contribution in [0, 0.1) is 0 Å². The van der Waals surface area contributed by atoms with Gasteiger partial charge in [-0.25, -0.2) is 9.97 Å². The third-order valence-corrected chi connectivity index (χ3v) is 6.18. The molecule has 3 aromatic rings. The molecule has 3 heterocycles. The fourth-order valence-electron chi connectivity index (χ4n) is 4.79. The predicted molar refractivity (Wildman–Crippen MR) is 111 cm³/mol. The lowest BCUT2D eigenvalue weighted by Crippen LogP contribution is -2.47. The van der Waals surface area contributed by atoms with E-state index in [0.29, 0.717) is 5.82 Å². The third kappa shape index (κ3) is 3.03. The number of anilines is 1. The molecule has 1 aromatic heterocycles. The summed E-state index contributed by atoms with van der Waals surface area (Å²) in [5.41, 5.74) is 3.11. The van der Waals surface area contributed by atoms with Crippen LogP contribution in [0.3, 0.4) is 0 Å². The zero-order valence-electron chi connectivity index (χ0n) is 16.6. The van der Waals surface area contributed by atoms with E-state index in [1.54, 1.807) is 7.11 Å². The van der Waals surface area contributed by atoms with Gasteiger partial charge in [0.1, 0.15) is 23.8 Å². The van der Waals surface area contributed by atoms with Gasteiger partial charge in [0.05, 0.1) is 19.2 Å². The number of hydrogen-bond donors (Lipinski definition) is 1. The van der Waals surface area contributed by atoms with E-state index < -0.39 is 0 Å². The van der Waals surface area contributed by atoms with Crippen LogP contribution in [0.15, 0.2) is 42.5 Å². The lowest BCUT2D eigenvalue weighted by Gasteiger charge is -2.45. The highest BCUT2D eigenvalue weighted by atomic mass is 16.5. The fourth-order valence-corrected chi connectivity index (χ4v) is 4.79. The normalized spacial score (nSPS) is 18.1. The summed E-state index contributed by atoms with van der Waals surface area (Å²) in [7, 11) is 1.73. The lowest BCUT2D eigenvalue weighted by atomic mass is 9.78. The molecule has 0 amide bonds. The molecule has 150 valence electrons. The molecule has 0 saturated carbocycles. The summed E-state index contributed by atoms with van der Waals surface area (Å²) in [6.07, 6.45) is 2.66. The second kappa shape index (κ2) is 7.28. The maximum absolute atomic E-state index is 9.61. The van der Waals surface area contributed by atoms with Crippen LogP contribution in [0.25, 0.3) is 10.9 Å². The van der Waals surface area contributed by atoms with Crippen LogP contribution < -0.4 is 9.64 Å². The SMILES string of the molecule is COc1cccc2c1C1(CCN(c3nc(CO)nc4ccccc34)CC1)OCC2. The summed E-state index contributed by atoms with van der Waals surface area (Å²) in [4.78, 5) is 11.4. The Balaban J connectivity index is 1.49. The van der Waals surface area contributed by atoms with Gasteiger partial charge in [-0.05, 0) is 43.0 Å². The predicted octanol–water partition coefficient (Wildman–Crippen LogP) is 3.20. The Hall–Kier alpha value is -2.70. The van der Waals surface area contributed by atoms with Gasteiger partial charge in [0.25, 0.3) is 0 Å². The maximum Gasteiger partial charge on any atom is 0.156 e. The topological polar surface area (TPSA) is 67.7 Å². The van der Waals surface area contributed by atoms with Crippen LogP contribution in [0.5, 0.6) is 5.75 Å². The first-order valence-electron chi connectivity index (χ1n) is 10.2. The van der Waals surface area contributed by atoms with Crippen LogP contribution in [-0.4, -0.2) is 41.9 Å². The molecular weight excluding hydrogens is 366 g/mol. The smallest absolute Gasteiger partial charge is 0.156 e. The van der Waals surface area contributed by atoms with Crippen LogP contribution in [0.1, 0.15) is 29.8 Å². The summed E-state index contributed by atoms with van der Waals surface area (Å²) in [5, 5.41) is 10.6. The molecule has 2 aliphatic rings. The quantitative estimate of drug-likeness (QED) is 0.740. The van der Waals surface area contributed by atoms with Crippen molar-refractivity contribution in [2.45, 2.75) is 31.5 Å². The molecular formula is C23H25N3O3. The van der Waals surface area contributed by atoms with Crippen molar-refractivity contribution in [3.63, 3.8) is 0 Å². The summed E-state index contributed by atoms with van der Waals surface area (Å²) in [6, 6.07) is 14.3. The molecule has 1 fully saturated rings. The Morgan fingerprint density at radius 1 is 1.10 bits per heavy atom. The van der Waals surface area contributed by atoms with E-state index in [0.717, 1.165) is 61.4 Å². The van der Waals surface area contributed by atoms with E-state index in [2.05, 4.69) is 27.0 Å². The number of hydrogen-bond acceptors (Lipinski definition) is 6. The zero-order valence-corrected chi connectivity index (χ0v) is 16.6. The summed E-state index contributed by atoms with van der Waals surface area (Å²) in [6.45, 7) is 2.22. The molecule has 6 nitrogen and oxygen atoms in total. The van der Waals surface area contributed by atoms with Gasteiger partial charge in [-0.2, -0.15) is 0 Å². The molecule has 1 spiro atoms. The van der Waals surface area contributed by atoms with Crippen molar-refractivity contribution in [1.29, 1.82) is 0 Å². The maximum atomic E-state index is 9.61. The Labute approximate surface area is 170 Å². The number of para-hydroxylation sites is 1. The number of methoxy groups -OCH3 is 1. The van der Waals surface area contributed by atoms with E-state index in [-0.39, 0.29) is 12.2 Å². The second-order valence-electron chi connectivity index (χ2n) is 7.71. The average Bonchev–Trinajstić information content (AvgIpc) is 2.78. The summed E-state index contributed by atoms with van der Waals surface area (Å²) < 4.78 is 12.1. The van der Waals surface area contributed by atoms with Crippen molar-refractivity contribution in [2.24, 2.45) is 0 Å². The number of nitrogens with zero attached hydrogens (tertiary/aromatic N) is 3. The molecule has 0 aliphatic carbocycles. The molecule has 2 aliphatic heterocycles. The van der Waals surface area contributed by atoms with Crippen LogP contribution in [0.2, 0.25) is 0 Å². The number of aliphatic hydroxyl groups excluding tert-OH is 1. The highest BCUT2D eigenvalue weighted by molar-refractivity contribution is 5.89. The Morgan fingerprint density at radius 2 is 1.93 bits per heavy atom. The van der Waals surface area contributed by atoms with Gasteiger partial charge in [0, 0.05) is 24.0 Å². The average molecular weight is 391 g/mol. The first-order valence-corrected chi connectivity index (χ1v) is 10.2. The Bertz CT molecular complexity index is 1030. The van der Waals surface area contributed by atoms with E-state index in [1.807, 2.05) is 30.3 Å². The van der Waals surface area contributed by atoms with Crippen molar-refractivity contribution in [3.05, 3.63) is 59.4 Å². The van der Waals surface area contributed by atoms with Gasteiger partial charge >= 0.3 is 0 Å². The zero-order chi connectivity index (χ0) is 19.8. The monoisotopic (exact) mass is 391 g/mol. The molecule has 0 radical (unpaired) electrons. The molecule has 0 atom stereocenters. The molecule has 0 bridgehead atoms. The van der Waals surface area contributed by atoms with Crippen molar-refractivity contribution in [1.82, 2.24) is 9.97 Å². The Morgan fingerprint density at radius 3 is 2.72 bits per heavy atom. The molecule has 2 aromatic carbocycles. The number of benzene rings is 2. The molecule has 29 heavy (non-hydrogen) atoms. The standard InChI is InChI=1S/C23H25N3O3/c1-28-19-8-4-5-16-9-14-29-23(21(16)19)10-12-26(13-11-23)22-17-6-2-3-7-18(17)24-20(15-27)25-22/h2-8,27H,9-15H2,1H3. The number of piperidine rings is 1. The lowest BCUT2D eigenvalue weighted by molar-refractivity contribution is -0.0780. The molecule has 6 heteroatoms. The number of fused-ring (bicyclic) bond motifs is 3. The molecule has 1 N–H and O–H groups in total. The van der Waals surface area contributed by atoms with Gasteiger partial charge in [0.2, 0.25) is 0 Å². The van der Waals surface area contributed by atoms with Crippen molar-refractivity contribution in [2.75, 3.05) is 31.7 Å². The number of aliphatic hydroxyl groups is 1. The summed E-state index contributed by atoms with van der Waals surface area (Å²) in [5.74, 6) is 2.27. The highest BCUT2D eigenvalue weighted by Crippen LogP contribution is 2.46. The first-order chi connectivity index (χ1) is 14.2. The Kier molecular flexibility index (Phi) is 4.60. The molecule has 0 unspecified atom stereocenters. The van der Waals surface area contributed by atoms with E-state index in [1.165, 1.54) is 11.1 Å². The minimum atomic E-state index is -0.306. The minimum Gasteiger partial charge on any atom is -0.496 e. The number of rotatable bonds is 3. The van der Waals surface area contributed by atoms with Gasteiger partial charge < -0.3 is 19.5 Å². The largest absolute Gasteiger partial charge is 0.496 e. The van der Waals surface area contributed by atoms with Crippen LogP contribution in [-0.2, 0) is 23.4 Å². The van der Waals surface area contributed by atoms with Crippen LogP contribution >= 0.6 is 0 Å². The van der Waals surface area contributed by atoms with Gasteiger partial charge in [-0.15, -0.1) is 0 Å². The molecule has 5 rings (SSSR count). The second-order valence-corrected chi connectivity index (χ2v) is 7.71. The van der Waals surface area contributed by atoms with Gasteiger partial charge in [-0.1, -0.05) is 24.3 Å². The fraction of sp³-hybridized carbons (Fsp3) is 0.391. The number of ether oxygens (including phenoxy) is 2. The summed E-state index contributed by atoms with van der Waals surface area (Å²) >= 11 is 0. The van der Waals surface area contributed by atoms with Crippen molar-refractivity contribution >= 4 is 16.7 Å². The number of aromatic nitrogens is 2. The van der Waals surface area contributed by atoms with Crippen LogP contribution in [0.4, 0.5) is 5.82 Å². The van der Waals surface area contributed by atoms with E-state index >= 15 is 0 Å². The van der Waals surface area contributed by atoms with E-state index in [4.69, 9.17) is 9.47 Å². The van der Waals surface area contributed by atoms with Gasteiger partial charge in [-0.3, -0.25) is 0 Å². The van der Waals surface area contributed by atoms with Gasteiger partial charge in [0.15, 0.2) is 5.82 Å². The molecule has 1 saturated heterocycles.